The van der Waals surface area contributed by atoms with Gasteiger partial charge in [0.05, 0.1) is 12.2 Å². The van der Waals surface area contributed by atoms with E-state index in [-0.39, 0.29) is 11.8 Å². The van der Waals surface area contributed by atoms with Crippen LogP contribution in [0.5, 0.6) is 5.75 Å². The van der Waals surface area contributed by atoms with Crippen LogP contribution in [-0.2, 0) is 6.18 Å². The van der Waals surface area contributed by atoms with Gasteiger partial charge in [-0.3, -0.25) is 0 Å². The maximum Gasteiger partial charge on any atom is 0.416 e. The third-order valence-corrected chi connectivity index (χ3v) is 3.29. The van der Waals surface area contributed by atoms with Crippen LogP contribution in [0.2, 0.25) is 0 Å². The van der Waals surface area contributed by atoms with Crippen LogP contribution in [0.25, 0.3) is 0 Å². The van der Waals surface area contributed by atoms with Crippen molar-refractivity contribution in [3.63, 3.8) is 0 Å². The summed E-state index contributed by atoms with van der Waals surface area (Å²) in [6, 6.07) is 3.61. The largest absolute Gasteiger partial charge is 0.493 e. The highest BCUT2D eigenvalue weighted by atomic mass is 19.4. The molecule has 0 aliphatic carbocycles. The van der Waals surface area contributed by atoms with Gasteiger partial charge in [-0.05, 0) is 36.2 Å². The Balaban J connectivity index is 2.40. The van der Waals surface area contributed by atoms with Crippen molar-refractivity contribution < 1.29 is 17.9 Å². The van der Waals surface area contributed by atoms with Gasteiger partial charge in [0.2, 0.25) is 0 Å². The Hall–Kier alpha value is -1.23. The second-order valence-corrected chi connectivity index (χ2v) is 4.35. The van der Waals surface area contributed by atoms with Gasteiger partial charge in [-0.2, -0.15) is 13.2 Å². The normalized spacial score (nSPS) is 24.1. The van der Waals surface area contributed by atoms with Crippen molar-refractivity contribution >= 4 is 0 Å². The number of ether oxygens (including phenoxy) is 1. The summed E-state index contributed by atoms with van der Waals surface area (Å²) in [6.45, 7) is 2.77. The third-order valence-electron chi connectivity index (χ3n) is 3.29. The summed E-state index contributed by atoms with van der Waals surface area (Å²) in [5.74, 6) is 0.604. The predicted octanol–water partition coefficient (Wildman–Crippen LogP) is 2.78. The van der Waals surface area contributed by atoms with Crippen molar-refractivity contribution in [3.05, 3.63) is 29.3 Å². The van der Waals surface area contributed by atoms with E-state index in [1.807, 2.05) is 6.92 Å². The topological polar surface area (TPSA) is 35.2 Å². The van der Waals surface area contributed by atoms with Crippen LogP contribution in [0.4, 0.5) is 13.2 Å². The first kappa shape index (κ1) is 12.2. The number of halogens is 3. The molecule has 94 valence electrons. The molecule has 2 N–H and O–H groups in total. The quantitative estimate of drug-likeness (QED) is 0.825. The summed E-state index contributed by atoms with van der Waals surface area (Å²) in [5, 5.41) is 0. The van der Waals surface area contributed by atoms with Crippen LogP contribution in [0.3, 0.4) is 0 Å². The van der Waals surface area contributed by atoms with Crippen molar-refractivity contribution in [1.82, 2.24) is 0 Å². The maximum absolute atomic E-state index is 12.6. The molecule has 2 rings (SSSR count). The predicted molar refractivity (Wildman–Crippen MR) is 57.9 cm³/mol. The molecular weight excluding hydrogens is 231 g/mol. The molecule has 1 aliphatic rings. The zero-order valence-electron chi connectivity index (χ0n) is 9.42. The third kappa shape index (κ3) is 2.24. The van der Waals surface area contributed by atoms with Crippen molar-refractivity contribution in [1.29, 1.82) is 0 Å². The fourth-order valence-corrected chi connectivity index (χ4v) is 2.08. The summed E-state index contributed by atoms with van der Waals surface area (Å²) in [6.07, 6.45) is -4.32. The van der Waals surface area contributed by atoms with Gasteiger partial charge in [0.25, 0.3) is 0 Å². The minimum atomic E-state index is -4.32. The molecule has 2 nitrogen and oxygen atoms in total. The Morgan fingerprint density at radius 2 is 2.12 bits per heavy atom. The fourth-order valence-electron chi connectivity index (χ4n) is 2.08. The molecule has 0 radical (unpaired) electrons. The molecule has 1 aromatic rings. The Kier molecular flexibility index (Phi) is 3.03. The van der Waals surface area contributed by atoms with Gasteiger partial charge >= 0.3 is 6.18 Å². The molecule has 0 saturated heterocycles. The van der Waals surface area contributed by atoms with E-state index in [0.29, 0.717) is 24.5 Å². The first-order valence-corrected chi connectivity index (χ1v) is 5.47. The van der Waals surface area contributed by atoms with Gasteiger partial charge in [-0.1, -0.05) is 6.92 Å². The summed E-state index contributed by atoms with van der Waals surface area (Å²) < 4.78 is 43.2. The number of hydrogen-bond acceptors (Lipinski definition) is 2. The van der Waals surface area contributed by atoms with Crippen LogP contribution >= 0.6 is 0 Å². The van der Waals surface area contributed by atoms with E-state index in [4.69, 9.17) is 10.5 Å². The highest BCUT2D eigenvalue weighted by Crippen LogP contribution is 2.40. The number of nitrogens with two attached hydrogens (primary N) is 1. The van der Waals surface area contributed by atoms with Gasteiger partial charge in [0.1, 0.15) is 5.75 Å². The smallest absolute Gasteiger partial charge is 0.416 e. The average Bonchev–Trinajstić information content (AvgIpc) is 2.28. The van der Waals surface area contributed by atoms with Crippen LogP contribution in [-0.4, -0.2) is 13.2 Å². The molecule has 1 aromatic carbocycles. The van der Waals surface area contributed by atoms with Gasteiger partial charge < -0.3 is 10.5 Å². The monoisotopic (exact) mass is 245 g/mol. The zero-order chi connectivity index (χ0) is 12.6. The van der Waals surface area contributed by atoms with Crippen LogP contribution < -0.4 is 10.5 Å². The van der Waals surface area contributed by atoms with Crippen LogP contribution in [0.1, 0.15) is 24.0 Å². The molecule has 0 amide bonds. The van der Waals surface area contributed by atoms with E-state index in [1.165, 1.54) is 12.1 Å². The molecule has 2 atom stereocenters. The van der Waals surface area contributed by atoms with E-state index in [1.54, 1.807) is 0 Å². The number of alkyl halides is 3. The molecule has 0 bridgehead atoms. The van der Waals surface area contributed by atoms with Gasteiger partial charge in [-0.25, -0.2) is 0 Å². The Bertz CT molecular complexity index is 417. The van der Waals surface area contributed by atoms with Crippen molar-refractivity contribution in [2.75, 3.05) is 13.2 Å². The molecule has 0 aromatic heterocycles. The average molecular weight is 245 g/mol. The Morgan fingerprint density at radius 3 is 2.71 bits per heavy atom. The molecular formula is C12H14F3NO. The van der Waals surface area contributed by atoms with E-state index >= 15 is 0 Å². The standard InChI is InChI=1S/C12H14F3NO/c1-7-8(5-16)6-17-11-3-2-9(4-10(7)11)12(13,14)15/h2-4,7-8H,5-6,16H2,1H3. The number of rotatable bonds is 1. The molecule has 5 heteroatoms. The van der Waals surface area contributed by atoms with Crippen molar-refractivity contribution in [3.8, 4) is 5.75 Å². The molecule has 0 saturated carbocycles. The second-order valence-electron chi connectivity index (χ2n) is 4.35. The molecule has 0 spiro atoms. The molecule has 17 heavy (non-hydrogen) atoms. The molecule has 0 fully saturated rings. The minimum Gasteiger partial charge on any atom is -0.493 e. The number of benzene rings is 1. The second kappa shape index (κ2) is 4.22. The summed E-state index contributed by atoms with van der Waals surface area (Å²) in [5.41, 5.74) is 5.54. The first-order valence-electron chi connectivity index (χ1n) is 5.47. The van der Waals surface area contributed by atoms with Gasteiger partial charge in [0.15, 0.2) is 0 Å². The lowest BCUT2D eigenvalue weighted by Gasteiger charge is -2.31. The number of fused-ring (bicyclic) bond motifs is 1. The lowest BCUT2D eigenvalue weighted by molar-refractivity contribution is -0.137. The van der Waals surface area contributed by atoms with Crippen molar-refractivity contribution in [2.45, 2.75) is 19.0 Å². The van der Waals surface area contributed by atoms with Crippen molar-refractivity contribution in [2.24, 2.45) is 11.7 Å². The minimum absolute atomic E-state index is 0.00829. The van der Waals surface area contributed by atoms with Gasteiger partial charge in [0, 0.05) is 5.92 Å². The van der Waals surface area contributed by atoms with E-state index < -0.39 is 11.7 Å². The Labute approximate surface area is 97.6 Å². The molecule has 2 unspecified atom stereocenters. The van der Waals surface area contributed by atoms with Crippen LogP contribution in [0.15, 0.2) is 18.2 Å². The molecule has 1 aliphatic heterocycles. The zero-order valence-corrected chi connectivity index (χ0v) is 9.42. The molecule has 1 heterocycles. The van der Waals surface area contributed by atoms with E-state index in [9.17, 15) is 13.2 Å². The first-order chi connectivity index (χ1) is 7.93. The lowest BCUT2D eigenvalue weighted by atomic mass is 9.85. The van der Waals surface area contributed by atoms with E-state index in [0.717, 1.165) is 6.07 Å². The summed E-state index contributed by atoms with van der Waals surface area (Å²) >= 11 is 0. The summed E-state index contributed by atoms with van der Waals surface area (Å²) in [4.78, 5) is 0. The highest BCUT2D eigenvalue weighted by Gasteiger charge is 2.34. The van der Waals surface area contributed by atoms with Gasteiger partial charge in [-0.15, -0.1) is 0 Å². The maximum atomic E-state index is 12.6. The highest BCUT2D eigenvalue weighted by molar-refractivity contribution is 5.42. The summed E-state index contributed by atoms with van der Waals surface area (Å²) in [7, 11) is 0. The van der Waals surface area contributed by atoms with E-state index in [2.05, 4.69) is 0 Å². The SMILES string of the molecule is CC1c2cc(C(F)(F)F)ccc2OCC1CN. The fraction of sp³-hybridized carbons (Fsp3) is 0.500. The number of hydrogen-bond donors (Lipinski definition) is 1. The Morgan fingerprint density at radius 1 is 1.41 bits per heavy atom. The lowest BCUT2D eigenvalue weighted by Crippen LogP contribution is -2.30. The van der Waals surface area contributed by atoms with Crippen LogP contribution in [0, 0.1) is 5.92 Å².